The van der Waals surface area contributed by atoms with Crippen molar-refractivity contribution in [3.05, 3.63) is 58.3 Å². The molecule has 92 valence electrons. The van der Waals surface area contributed by atoms with Crippen LogP contribution < -0.4 is 5.32 Å². The van der Waals surface area contributed by atoms with Crippen molar-refractivity contribution in [1.29, 1.82) is 0 Å². The summed E-state index contributed by atoms with van der Waals surface area (Å²) in [6, 6.07) is 6.33. The van der Waals surface area contributed by atoms with Crippen LogP contribution in [-0.4, -0.2) is 10.9 Å². The number of anilines is 1. The van der Waals surface area contributed by atoms with Gasteiger partial charge in [0, 0.05) is 10.0 Å². The van der Waals surface area contributed by atoms with Gasteiger partial charge in [-0.1, -0.05) is 15.9 Å². The first-order chi connectivity index (χ1) is 8.54. The number of hydrogen-bond acceptors (Lipinski definition) is 2. The minimum atomic E-state index is -0.638. The number of amides is 1. The topological polar surface area (TPSA) is 42.0 Å². The second-order valence-electron chi connectivity index (χ2n) is 3.48. The summed E-state index contributed by atoms with van der Waals surface area (Å²) in [6.07, 6.45) is 1.18. The Morgan fingerprint density at radius 3 is 2.61 bits per heavy atom. The molecule has 0 unspecified atom stereocenters. The van der Waals surface area contributed by atoms with Crippen LogP contribution in [0, 0.1) is 11.8 Å². The molecule has 0 radical (unpaired) electrons. The highest BCUT2D eigenvalue weighted by Gasteiger charge is 2.09. The number of carbonyl (C=O) groups excluding carboxylic acids is 1. The van der Waals surface area contributed by atoms with Crippen molar-refractivity contribution in [2.75, 3.05) is 5.32 Å². The van der Waals surface area contributed by atoms with Crippen molar-refractivity contribution in [3.8, 4) is 0 Å². The molecule has 0 aliphatic carbocycles. The van der Waals surface area contributed by atoms with Gasteiger partial charge in [0.15, 0.2) is 0 Å². The number of aromatic nitrogens is 1. The Bertz CT molecular complexity index is 567. The van der Waals surface area contributed by atoms with E-state index >= 15 is 0 Å². The molecule has 3 nitrogen and oxygen atoms in total. The molecule has 6 heteroatoms. The van der Waals surface area contributed by atoms with E-state index in [0.717, 1.165) is 12.1 Å². The Hall–Kier alpha value is -1.82. The molecular formula is C12H7BrF2N2O. The second-order valence-corrected chi connectivity index (χ2v) is 4.40. The standard InChI is InChI=1S/C12H7BrF2N2O/c13-8-3-7(4-9(14)5-8)12(18)17-10-1-2-11(15)16-6-10/h1-6H,(H,17,18). The molecule has 0 bridgehead atoms. The summed E-state index contributed by atoms with van der Waals surface area (Å²) >= 11 is 3.09. The average Bonchev–Trinajstić information content (AvgIpc) is 2.31. The maximum atomic E-state index is 13.1. The van der Waals surface area contributed by atoms with E-state index in [1.807, 2.05) is 0 Å². The van der Waals surface area contributed by atoms with Crippen molar-refractivity contribution in [2.45, 2.75) is 0 Å². The summed E-state index contributed by atoms with van der Waals surface area (Å²) in [7, 11) is 0. The van der Waals surface area contributed by atoms with Crippen LogP contribution in [0.1, 0.15) is 10.4 Å². The minimum absolute atomic E-state index is 0.159. The number of benzene rings is 1. The molecule has 1 aromatic heterocycles. The molecule has 18 heavy (non-hydrogen) atoms. The third-order valence-electron chi connectivity index (χ3n) is 2.11. The highest BCUT2D eigenvalue weighted by Crippen LogP contribution is 2.16. The molecule has 1 N–H and O–H groups in total. The molecule has 1 aromatic carbocycles. The fourth-order valence-corrected chi connectivity index (χ4v) is 1.80. The summed E-state index contributed by atoms with van der Waals surface area (Å²) in [4.78, 5) is 15.2. The third kappa shape index (κ3) is 3.10. The van der Waals surface area contributed by atoms with Gasteiger partial charge in [0.1, 0.15) is 5.82 Å². The molecule has 1 heterocycles. The fraction of sp³-hybridized carbons (Fsp3) is 0. The lowest BCUT2D eigenvalue weighted by atomic mass is 10.2. The number of pyridine rings is 1. The highest BCUT2D eigenvalue weighted by molar-refractivity contribution is 9.10. The Kier molecular flexibility index (Phi) is 3.66. The Morgan fingerprint density at radius 1 is 1.22 bits per heavy atom. The maximum Gasteiger partial charge on any atom is 0.255 e. The van der Waals surface area contributed by atoms with E-state index in [1.165, 1.54) is 24.4 Å². The van der Waals surface area contributed by atoms with Crippen LogP contribution in [0.4, 0.5) is 14.5 Å². The molecule has 1 amide bonds. The van der Waals surface area contributed by atoms with Crippen molar-refractivity contribution in [3.63, 3.8) is 0 Å². The number of rotatable bonds is 2. The van der Waals surface area contributed by atoms with Crippen LogP contribution in [0.3, 0.4) is 0 Å². The SMILES string of the molecule is O=C(Nc1ccc(F)nc1)c1cc(F)cc(Br)c1. The molecule has 0 saturated carbocycles. The average molecular weight is 313 g/mol. The quantitative estimate of drug-likeness (QED) is 0.864. The molecule has 0 spiro atoms. The lowest BCUT2D eigenvalue weighted by molar-refractivity contribution is 0.102. The second kappa shape index (κ2) is 5.22. The number of nitrogens with one attached hydrogen (secondary N) is 1. The van der Waals surface area contributed by atoms with Crippen LogP contribution in [-0.2, 0) is 0 Å². The summed E-state index contributed by atoms with van der Waals surface area (Å²) in [5, 5.41) is 2.48. The van der Waals surface area contributed by atoms with Crippen molar-refractivity contribution in [1.82, 2.24) is 4.98 Å². The van der Waals surface area contributed by atoms with Gasteiger partial charge in [0.05, 0.1) is 11.9 Å². The highest BCUT2D eigenvalue weighted by atomic mass is 79.9. The molecule has 0 fully saturated rings. The number of hydrogen-bond donors (Lipinski definition) is 1. The van der Waals surface area contributed by atoms with Gasteiger partial charge in [-0.2, -0.15) is 4.39 Å². The molecule has 2 rings (SSSR count). The van der Waals surface area contributed by atoms with E-state index in [4.69, 9.17) is 0 Å². The Balaban J connectivity index is 2.19. The lowest BCUT2D eigenvalue weighted by Crippen LogP contribution is -2.12. The Morgan fingerprint density at radius 2 is 2.00 bits per heavy atom. The zero-order valence-corrected chi connectivity index (χ0v) is 10.5. The first-order valence-electron chi connectivity index (χ1n) is 4.93. The smallest absolute Gasteiger partial charge is 0.255 e. The van der Waals surface area contributed by atoms with Gasteiger partial charge < -0.3 is 5.32 Å². The molecule has 0 aliphatic heterocycles. The fourth-order valence-electron chi connectivity index (χ4n) is 1.34. The summed E-state index contributed by atoms with van der Waals surface area (Å²) in [5.41, 5.74) is 0.494. The zero-order chi connectivity index (χ0) is 13.1. The van der Waals surface area contributed by atoms with Gasteiger partial charge in [0.2, 0.25) is 5.95 Å². The van der Waals surface area contributed by atoms with Crippen LogP contribution in [0.5, 0.6) is 0 Å². The van der Waals surface area contributed by atoms with Crippen molar-refractivity contribution >= 4 is 27.5 Å². The predicted molar refractivity (Wildman–Crippen MR) is 66.2 cm³/mol. The van der Waals surface area contributed by atoms with Gasteiger partial charge >= 0.3 is 0 Å². The van der Waals surface area contributed by atoms with Crippen LogP contribution >= 0.6 is 15.9 Å². The van der Waals surface area contributed by atoms with Gasteiger partial charge in [-0.05, 0) is 30.3 Å². The molecule has 0 aliphatic rings. The van der Waals surface area contributed by atoms with Crippen molar-refractivity contribution < 1.29 is 13.6 Å². The number of carbonyl (C=O) groups is 1. The lowest BCUT2D eigenvalue weighted by Gasteiger charge is -2.05. The maximum absolute atomic E-state index is 13.1. The van der Waals surface area contributed by atoms with E-state index in [0.29, 0.717) is 10.2 Å². The number of nitrogens with zero attached hydrogens (tertiary/aromatic N) is 1. The Labute approximate surface area is 110 Å². The van der Waals surface area contributed by atoms with Crippen LogP contribution in [0.15, 0.2) is 41.0 Å². The van der Waals surface area contributed by atoms with E-state index in [1.54, 1.807) is 0 Å². The third-order valence-corrected chi connectivity index (χ3v) is 2.57. The largest absolute Gasteiger partial charge is 0.321 e. The van der Waals surface area contributed by atoms with Gasteiger partial charge in [-0.15, -0.1) is 0 Å². The minimum Gasteiger partial charge on any atom is -0.321 e. The van der Waals surface area contributed by atoms with E-state index < -0.39 is 17.7 Å². The summed E-state index contributed by atoms with van der Waals surface area (Å²) in [6.45, 7) is 0. The normalized spacial score (nSPS) is 10.2. The first-order valence-corrected chi connectivity index (χ1v) is 5.73. The van der Waals surface area contributed by atoms with E-state index in [9.17, 15) is 13.6 Å². The molecule has 0 atom stereocenters. The van der Waals surface area contributed by atoms with E-state index in [2.05, 4.69) is 26.2 Å². The van der Waals surface area contributed by atoms with E-state index in [-0.39, 0.29) is 5.56 Å². The molecule has 2 aromatic rings. The molecular weight excluding hydrogens is 306 g/mol. The summed E-state index contributed by atoms with van der Waals surface area (Å²) < 4.78 is 26.1. The summed E-state index contributed by atoms with van der Waals surface area (Å²) in [5.74, 6) is -1.66. The molecule has 0 saturated heterocycles. The van der Waals surface area contributed by atoms with Gasteiger partial charge in [-0.3, -0.25) is 4.79 Å². The van der Waals surface area contributed by atoms with Gasteiger partial charge in [-0.25, -0.2) is 9.37 Å². The zero-order valence-electron chi connectivity index (χ0n) is 8.95. The predicted octanol–water partition coefficient (Wildman–Crippen LogP) is 3.37. The first kappa shape index (κ1) is 12.6. The monoisotopic (exact) mass is 312 g/mol. The van der Waals surface area contributed by atoms with Crippen molar-refractivity contribution in [2.24, 2.45) is 0 Å². The van der Waals surface area contributed by atoms with Crippen LogP contribution in [0.25, 0.3) is 0 Å². The van der Waals surface area contributed by atoms with Crippen LogP contribution in [0.2, 0.25) is 0 Å². The number of halogens is 3. The van der Waals surface area contributed by atoms with Gasteiger partial charge in [0.25, 0.3) is 5.91 Å².